The van der Waals surface area contributed by atoms with Gasteiger partial charge in [-0.2, -0.15) is 5.26 Å². The van der Waals surface area contributed by atoms with Crippen molar-refractivity contribution < 1.29 is 14.3 Å². The fourth-order valence-corrected chi connectivity index (χ4v) is 2.53. The van der Waals surface area contributed by atoms with Crippen LogP contribution in [0.15, 0.2) is 36.7 Å². The van der Waals surface area contributed by atoms with Crippen molar-refractivity contribution in [3.05, 3.63) is 47.8 Å². The largest absolute Gasteiger partial charge is 0.481 e. The molecule has 0 aromatic carbocycles. The van der Waals surface area contributed by atoms with Gasteiger partial charge in [-0.1, -0.05) is 0 Å². The molecule has 1 atom stereocenters. The van der Waals surface area contributed by atoms with Gasteiger partial charge in [-0.3, -0.25) is 4.79 Å². The number of aromatic nitrogens is 2. The summed E-state index contributed by atoms with van der Waals surface area (Å²) in [4.78, 5) is 22.4. The Balaban J connectivity index is 1.62. The van der Waals surface area contributed by atoms with E-state index in [-0.39, 0.29) is 12.0 Å². The molecule has 0 radical (unpaired) electrons. The van der Waals surface area contributed by atoms with E-state index in [0.29, 0.717) is 42.4 Å². The van der Waals surface area contributed by atoms with Crippen molar-refractivity contribution in [3.8, 4) is 17.8 Å². The molecule has 3 rings (SSSR count). The van der Waals surface area contributed by atoms with Crippen LogP contribution in [0.2, 0.25) is 0 Å². The van der Waals surface area contributed by atoms with Crippen LogP contribution in [-0.2, 0) is 0 Å². The van der Waals surface area contributed by atoms with Crippen molar-refractivity contribution in [2.75, 3.05) is 20.2 Å². The number of rotatable bonds is 4. The molecule has 0 aliphatic carbocycles. The number of ether oxygens (including phenoxy) is 2. The molecule has 1 unspecified atom stereocenters. The van der Waals surface area contributed by atoms with Crippen molar-refractivity contribution in [1.82, 2.24) is 14.9 Å². The molecule has 1 aliphatic rings. The van der Waals surface area contributed by atoms with E-state index in [2.05, 4.69) is 9.97 Å². The highest BCUT2D eigenvalue weighted by atomic mass is 16.5. The van der Waals surface area contributed by atoms with Crippen LogP contribution in [0.25, 0.3) is 0 Å². The van der Waals surface area contributed by atoms with E-state index >= 15 is 0 Å². The molecular formula is C17H16N4O3. The molecule has 7 heteroatoms. The number of carbonyl (C=O) groups is 1. The van der Waals surface area contributed by atoms with Crippen molar-refractivity contribution >= 4 is 5.91 Å². The molecule has 1 amide bonds. The van der Waals surface area contributed by atoms with Crippen LogP contribution >= 0.6 is 0 Å². The van der Waals surface area contributed by atoms with Gasteiger partial charge < -0.3 is 14.4 Å². The fourth-order valence-electron chi connectivity index (χ4n) is 2.53. The number of amides is 1. The molecule has 0 N–H and O–H groups in total. The summed E-state index contributed by atoms with van der Waals surface area (Å²) in [5.74, 6) is 0.784. The topological polar surface area (TPSA) is 88.3 Å². The summed E-state index contributed by atoms with van der Waals surface area (Å²) in [5.41, 5.74) is 1.01. The lowest BCUT2D eigenvalue weighted by Crippen LogP contribution is -2.31. The monoisotopic (exact) mass is 324 g/mol. The van der Waals surface area contributed by atoms with Crippen LogP contribution < -0.4 is 9.47 Å². The Morgan fingerprint density at radius 2 is 2.21 bits per heavy atom. The first-order chi connectivity index (χ1) is 11.7. The van der Waals surface area contributed by atoms with Gasteiger partial charge in [-0.05, 0) is 12.1 Å². The second-order valence-corrected chi connectivity index (χ2v) is 5.36. The molecule has 7 nitrogen and oxygen atoms in total. The summed E-state index contributed by atoms with van der Waals surface area (Å²) < 4.78 is 10.8. The molecule has 1 fully saturated rings. The van der Waals surface area contributed by atoms with Gasteiger partial charge in [-0.25, -0.2) is 9.97 Å². The molecule has 2 aromatic rings. The SMILES string of the molecule is COc1ccc(C(=O)N2CCC(Oc3cc(C#N)ccn3)C2)cn1. The number of hydrogen-bond donors (Lipinski definition) is 0. The Morgan fingerprint density at radius 3 is 2.92 bits per heavy atom. The fraction of sp³-hybridized carbons (Fsp3) is 0.294. The maximum Gasteiger partial charge on any atom is 0.255 e. The summed E-state index contributed by atoms with van der Waals surface area (Å²) in [6.45, 7) is 1.08. The zero-order valence-electron chi connectivity index (χ0n) is 13.2. The second-order valence-electron chi connectivity index (χ2n) is 5.36. The van der Waals surface area contributed by atoms with Gasteiger partial charge in [0.15, 0.2) is 0 Å². The van der Waals surface area contributed by atoms with E-state index in [0.717, 1.165) is 0 Å². The van der Waals surface area contributed by atoms with E-state index in [1.54, 1.807) is 29.2 Å². The number of likely N-dealkylation sites (tertiary alicyclic amines) is 1. The zero-order valence-corrected chi connectivity index (χ0v) is 13.2. The Labute approximate surface area is 139 Å². The summed E-state index contributed by atoms with van der Waals surface area (Å²) in [6.07, 6.45) is 3.62. The molecule has 1 saturated heterocycles. The minimum atomic E-state index is -0.137. The van der Waals surface area contributed by atoms with Crippen LogP contribution in [0.3, 0.4) is 0 Å². The highest BCUT2D eigenvalue weighted by Crippen LogP contribution is 2.19. The normalized spacial score (nSPS) is 16.5. The number of hydrogen-bond acceptors (Lipinski definition) is 6. The predicted octanol–water partition coefficient (Wildman–Crippen LogP) is 1.65. The first-order valence-electron chi connectivity index (χ1n) is 7.51. The maximum absolute atomic E-state index is 12.5. The molecule has 0 spiro atoms. The van der Waals surface area contributed by atoms with Crippen LogP contribution in [-0.4, -0.2) is 47.1 Å². The molecule has 3 heterocycles. The Morgan fingerprint density at radius 1 is 1.33 bits per heavy atom. The van der Waals surface area contributed by atoms with Crippen LogP contribution in [0.4, 0.5) is 0 Å². The third-order valence-electron chi connectivity index (χ3n) is 3.78. The molecule has 1 aliphatic heterocycles. The second kappa shape index (κ2) is 6.96. The number of methoxy groups -OCH3 is 1. The molecule has 2 aromatic heterocycles. The van der Waals surface area contributed by atoms with Crippen molar-refractivity contribution in [2.24, 2.45) is 0 Å². The Kier molecular flexibility index (Phi) is 4.57. The van der Waals surface area contributed by atoms with Crippen LogP contribution in [0.5, 0.6) is 11.8 Å². The van der Waals surface area contributed by atoms with Crippen LogP contribution in [0, 0.1) is 11.3 Å². The van der Waals surface area contributed by atoms with Gasteiger partial charge in [0.25, 0.3) is 5.91 Å². The lowest BCUT2D eigenvalue weighted by molar-refractivity contribution is 0.0770. The smallest absolute Gasteiger partial charge is 0.255 e. The predicted molar refractivity (Wildman–Crippen MR) is 84.7 cm³/mol. The highest BCUT2D eigenvalue weighted by Gasteiger charge is 2.28. The van der Waals surface area contributed by atoms with Gasteiger partial charge in [0, 0.05) is 37.5 Å². The summed E-state index contributed by atoms with van der Waals surface area (Å²) >= 11 is 0. The molecule has 122 valence electrons. The minimum absolute atomic E-state index is 0.0880. The zero-order chi connectivity index (χ0) is 16.9. The standard InChI is InChI=1S/C17H16N4O3/c1-23-15-3-2-13(10-20-15)17(22)21-7-5-14(11-21)24-16-8-12(9-18)4-6-19-16/h2-4,6,8,10,14H,5,7,11H2,1H3. The number of nitriles is 1. The van der Waals surface area contributed by atoms with E-state index < -0.39 is 0 Å². The van der Waals surface area contributed by atoms with E-state index in [1.807, 2.05) is 6.07 Å². The highest BCUT2D eigenvalue weighted by molar-refractivity contribution is 5.94. The molecular weight excluding hydrogens is 308 g/mol. The van der Waals surface area contributed by atoms with Gasteiger partial charge in [-0.15, -0.1) is 0 Å². The minimum Gasteiger partial charge on any atom is -0.481 e. The van der Waals surface area contributed by atoms with Gasteiger partial charge in [0.05, 0.1) is 30.9 Å². The molecule has 24 heavy (non-hydrogen) atoms. The number of carbonyl (C=O) groups excluding carboxylic acids is 1. The molecule has 0 saturated carbocycles. The average molecular weight is 324 g/mol. The maximum atomic E-state index is 12.5. The summed E-state index contributed by atoms with van der Waals surface area (Å²) in [7, 11) is 1.53. The third kappa shape index (κ3) is 3.43. The van der Waals surface area contributed by atoms with Gasteiger partial charge in [0.1, 0.15) is 6.10 Å². The van der Waals surface area contributed by atoms with Crippen LogP contribution in [0.1, 0.15) is 22.3 Å². The summed E-state index contributed by atoms with van der Waals surface area (Å²) in [6, 6.07) is 8.62. The van der Waals surface area contributed by atoms with Crippen molar-refractivity contribution in [2.45, 2.75) is 12.5 Å². The van der Waals surface area contributed by atoms with E-state index in [9.17, 15) is 4.79 Å². The van der Waals surface area contributed by atoms with Crippen molar-refractivity contribution in [1.29, 1.82) is 5.26 Å². The first kappa shape index (κ1) is 15.7. The average Bonchev–Trinajstić information content (AvgIpc) is 3.09. The Bertz CT molecular complexity index is 770. The lowest BCUT2D eigenvalue weighted by Gasteiger charge is -2.17. The van der Waals surface area contributed by atoms with E-state index in [4.69, 9.17) is 14.7 Å². The third-order valence-corrected chi connectivity index (χ3v) is 3.78. The first-order valence-corrected chi connectivity index (χ1v) is 7.51. The van der Waals surface area contributed by atoms with Gasteiger partial charge >= 0.3 is 0 Å². The Hall–Kier alpha value is -3.14. The lowest BCUT2D eigenvalue weighted by atomic mass is 10.2. The van der Waals surface area contributed by atoms with Crippen molar-refractivity contribution in [3.63, 3.8) is 0 Å². The van der Waals surface area contributed by atoms with E-state index in [1.165, 1.54) is 19.5 Å². The van der Waals surface area contributed by atoms with Gasteiger partial charge in [0.2, 0.25) is 11.8 Å². The number of pyridine rings is 2. The summed E-state index contributed by atoms with van der Waals surface area (Å²) in [5, 5.41) is 8.90. The quantitative estimate of drug-likeness (QED) is 0.849. The molecule has 0 bridgehead atoms. The number of nitrogens with zero attached hydrogens (tertiary/aromatic N) is 4.